The van der Waals surface area contributed by atoms with E-state index >= 15 is 0 Å². The van der Waals surface area contributed by atoms with Gasteiger partial charge in [0.05, 0.1) is 7.05 Å². The topological polar surface area (TPSA) is 29.1 Å². The summed E-state index contributed by atoms with van der Waals surface area (Å²) in [6.45, 7) is 5.85. The van der Waals surface area contributed by atoms with Crippen molar-refractivity contribution in [1.29, 1.82) is 0 Å². The zero-order chi connectivity index (χ0) is 10.7. The van der Waals surface area contributed by atoms with E-state index in [0.29, 0.717) is 5.75 Å². The van der Waals surface area contributed by atoms with E-state index in [2.05, 4.69) is 7.05 Å². The number of phenolic OH excluding ortho intramolecular Hbond substituents is 1. The zero-order valence-electron chi connectivity index (χ0n) is 9.29. The zero-order valence-corrected chi connectivity index (χ0v) is 9.29. The Morgan fingerprint density at radius 3 is 2.47 bits per heavy atom. The van der Waals surface area contributed by atoms with Crippen LogP contribution in [0.4, 0.5) is 0 Å². The maximum absolute atomic E-state index is 9.67. The van der Waals surface area contributed by atoms with Crippen LogP contribution in [0.25, 0.3) is 0 Å². The number of rotatable bonds is 2. The van der Waals surface area contributed by atoms with Gasteiger partial charge in [0.1, 0.15) is 38.5 Å². The van der Waals surface area contributed by atoms with Crippen LogP contribution < -0.4 is 9.80 Å². The molecule has 0 aromatic heterocycles. The Kier molecular flexibility index (Phi) is 3.23. The summed E-state index contributed by atoms with van der Waals surface area (Å²) in [5.74, 6) is 0.441. The van der Waals surface area contributed by atoms with Gasteiger partial charge in [-0.05, 0) is 12.1 Å². The summed E-state index contributed by atoms with van der Waals surface area (Å²) >= 11 is 0. The Hall–Kier alpha value is -1.06. The highest BCUT2D eigenvalue weighted by Gasteiger charge is 2.20. The second-order valence-electron chi connectivity index (χ2n) is 4.51. The van der Waals surface area contributed by atoms with E-state index in [0.717, 1.165) is 12.1 Å². The molecule has 0 amide bonds. The summed E-state index contributed by atoms with van der Waals surface area (Å²) in [5, 5.41) is 9.67. The first kappa shape index (κ1) is 10.5. The van der Waals surface area contributed by atoms with E-state index in [1.807, 2.05) is 18.2 Å². The van der Waals surface area contributed by atoms with Crippen LogP contribution in [-0.4, -0.2) is 38.3 Å². The van der Waals surface area contributed by atoms with E-state index in [1.54, 1.807) is 15.9 Å². The molecule has 1 fully saturated rings. The number of hydrogen-bond acceptors (Lipinski definition) is 1. The van der Waals surface area contributed by atoms with E-state index in [4.69, 9.17) is 0 Å². The number of aromatic hydroxyl groups is 1. The van der Waals surface area contributed by atoms with Crippen LogP contribution >= 0.6 is 0 Å². The molecule has 0 radical (unpaired) electrons. The first-order chi connectivity index (χ1) is 7.25. The van der Waals surface area contributed by atoms with Crippen molar-refractivity contribution in [3.05, 3.63) is 29.8 Å². The predicted octanol–water partition coefficient (Wildman–Crippen LogP) is -1.69. The lowest BCUT2D eigenvalue weighted by molar-refractivity contribution is -1.01. The van der Waals surface area contributed by atoms with Crippen molar-refractivity contribution in [1.82, 2.24) is 0 Å². The molecule has 0 aliphatic carbocycles. The third kappa shape index (κ3) is 2.70. The SMILES string of the molecule is C[NH+]1CC[NH+](Cc2ccccc2O)CC1. The van der Waals surface area contributed by atoms with Crippen molar-refractivity contribution in [2.24, 2.45) is 0 Å². The third-order valence-corrected chi connectivity index (χ3v) is 3.24. The Bertz CT molecular complexity index is 319. The van der Waals surface area contributed by atoms with Crippen LogP contribution in [0.1, 0.15) is 5.56 Å². The molecular formula is C12H20N2O+2. The van der Waals surface area contributed by atoms with Crippen LogP contribution in [0.2, 0.25) is 0 Å². The Morgan fingerprint density at radius 2 is 1.80 bits per heavy atom. The minimum atomic E-state index is 0.441. The maximum atomic E-state index is 9.67. The molecule has 0 spiro atoms. The molecule has 1 aromatic carbocycles. The number of phenols is 1. The summed E-state index contributed by atoms with van der Waals surface area (Å²) in [6.07, 6.45) is 0. The van der Waals surface area contributed by atoms with Crippen molar-refractivity contribution >= 4 is 0 Å². The first-order valence-electron chi connectivity index (χ1n) is 5.67. The van der Waals surface area contributed by atoms with Gasteiger partial charge >= 0.3 is 0 Å². The average molecular weight is 208 g/mol. The van der Waals surface area contributed by atoms with Gasteiger partial charge < -0.3 is 14.9 Å². The summed E-state index contributed by atoms with van der Waals surface area (Å²) in [6, 6.07) is 7.67. The predicted molar refractivity (Wildman–Crippen MR) is 59.1 cm³/mol. The fraction of sp³-hybridized carbons (Fsp3) is 0.500. The first-order valence-corrected chi connectivity index (χ1v) is 5.67. The number of nitrogens with one attached hydrogen (secondary N) is 2. The van der Waals surface area contributed by atoms with Crippen molar-refractivity contribution < 1.29 is 14.9 Å². The lowest BCUT2D eigenvalue weighted by Crippen LogP contribution is -3.26. The van der Waals surface area contributed by atoms with Crippen LogP contribution in [0.5, 0.6) is 5.75 Å². The fourth-order valence-electron chi connectivity index (χ4n) is 2.14. The second-order valence-corrected chi connectivity index (χ2v) is 4.51. The van der Waals surface area contributed by atoms with Gasteiger partial charge in [-0.1, -0.05) is 12.1 Å². The molecule has 1 heterocycles. The van der Waals surface area contributed by atoms with E-state index < -0.39 is 0 Å². The number of para-hydroxylation sites is 1. The van der Waals surface area contributed by atoms with Gasteiger partial charge in [0, 0.05) is 5.56 Å². The highest BCUT2D eigenvalue weighted by Crippen LogP contribution is 2.13. The van der Waals surface area contributed by atoms with Crippen molar-refractivity contribution in [3.8, 4) is 5.75 Å². The Balaban J connectivity index is 1.95. The minimum absolute atomic E-state index is 0.441. The number of hydrogen-bond donors (Lipinski definition) is 3. The van der Waals surface area contributed by atoms with Crippen LogP contribution in [-0.2, 0) is 6.54 Å². The van der Waals surface area contributed by atoms with Gasteiger partial charge in [-0.25, -0.2) is 0 Å². The summed E-state index contributed by atoms with van der Waals surface area (Å²) in [7, 11) is 2.25. The van der Waals surface area contributed by atoms with E-state index in [-0.39, 0.29) is 0 Å². The second kappa shape index (κ2) is 4.64. The average Bonchev–Trinajstić information content (AvgIpc) is 2.25. The quantitative estimate of drug-likeness (QED) is 0.532. The normalized spacial score (nSPS) is 26.5. The highest BCUT2D eigenvalue weighted by molar-refractivity contribution is 5.30. The smallest absolute Gasteiger partial charge is 0.127 e. The molecule has 1 aliphatic rings. The molecule has 0 unspecified atom stereocenters. The van der Waals surface area contributed by atoms with Crippen molar-refractivity contribution in [3.63, 3.8) is 0 Å². The number of benzene rings is 1. The van der Waals surface area contributed by atoms with Gasteiger partial charge in [-0.2, -0.15) is 0 Å². The number of likely N-dealkylation sites (N-methyl/N-ethyl adjacent to an activating group) is 1. The molecule has 2 rings (SSSR count). The molecular weight excluding hydrogens is 188 g/mol. The Labute approximate surface area is 90.9 Å². The van der Waals surface area contributed by atoms with Crippen LogP contribution in [0, 0.1) is 0 Å². The molecule has 3 heteroatoms. The summed E-state index contributed by atoms with van der Waals surface area (Å²) < 4.78 is 0. The van der Waals surface area contributed by atoms with Gasteiger partial charge in [0.15, 0.2) is 0 Å². The van der Waals surface area contributed by atoms with Crippen molar-refractivity contribution in [2.45, 2.75) is 6.54 Å². The molecule has 1 saturated heterocycles. The molecule has 0 bridgehead atoms. The monoisotopic (exact) mass is 208 g/mol. The number of piperazine rings is 1. The van der Waals surface area contributed by atoms with Crippen molar-refractivity contribution in [2.75, 3.05) is 33.2 Å². The number of quaternary nitrogens is 2. The van der Waals surface area contributed by atoms with Gasteiger partial charge in [-0.3, -0.25) is 0 Å². The van der Waals surface area contributed by atoms with Gasteiger partial charge in [0.2, 0.25) is 0 Å². The molecule has 0 saturated carbocycles. The van der Waals surface area contributed by atoms with E-state index in [1.165, 1.54) is 26.2 Å². The highest BCUT2D eigenvalue weighted by atomic mass is 16.3. The molecule has 3 N–H and O–H groups in total. The molecule has 1 aliphatic heterocycles. The molecule has 15 heavy (non-hydrogen) atoms. The lowest BCUT2D eigenvalue weighted by atomic mass is 10.2. The van der Waals surface area contributed by atoms with Gasteiger partial charge in [-0.15, -0.1) is 0 Å². The van der Waals surface area contributed by atoms with Gasteiger partial charge in [0.25, 0.3) is 0 Å². The molecule has 3 nitrogen and oxygen atoms in total. The maximum Gasteiger partial charge on any atom is 0.127 e. The lowest BCUT2D eigenvalue weighted by Gasteiger charge is -2.27. The molecule has 82 valence electrons. The third-order valence-electron chi connectivity index (χ3n) is 3.24. The van der Waals surface area contributed by atoms with Crippen LogP contribution in [0.15, 0.2) is 24.3 Å². The Morgan fingerprint density at radius 1 is 1.13 bits per heavy atom. The summed E-state index contributed by atoms with van der Waals surface area (Å²) in [4.78, 5) is 3.21. The minimum Gasteiger partial charge on any atom is -0.507 e. The fourth-order valence-corrected chi connectivity index (χ4v) is 2.14. The standard InChI is InChI=1S/C12H18N2O/c1-13-6-8-14(9-7-13)10-11-4-2-3-5-12(11)15/h2-5,15H,6-10H2,1H3/p+2. The molecule has 0 atom stereocenters. The molecule has 1 aromatic rings. The van der Waals surface area contributed by atoms with Crippen LogP contribution in [0.3, 0.4) is 0 Å². The van der Waals surface area contributed by atoms with E-state index in [9.17, 15) is 5.11 Å². The summed E-state index contributed by atoms with van der Waals surface area (Å²) in [5.41, 5.74) is 1.08. The largest absolute Gasteiger partial charge is 0.507 e.